The van der Waals surface area contributed by atoms with Gasteiger partial charge in [0.1, 0.15) is 6.54 Å². The van der Waals surface area contributed by atoms with E-state index in [1.165, 1.54) is 4.57 Å². The lowest BCUT2D eigenvalue weighted by Crippen LogP contribution is -2.43. The number of nitrogens with one attached hydrogen (secondary N) is 1. The van der Waals surface area contributed by atoms with Crippen LogP contribution in [0, 0.1) is 20.8 Å². The minimum absolute atomic E-state index is 0.245. The number of benzene rings is 2. The first-order valence-corrected chi connectivity index (χ1v) is 10.9. The summed E-state index contributed by atoms with van der Waals surface area (Å²) in [5.41, 5.74) is 4.08. The maximum atomic E-state index is 13.4. The van der Waals surface area contributed by atoms with E-state index in [-0.39, 0.29) is 13.1 Å². The number of aryl methyl sites for hydroxylation is 4. The van der Waals surface area contributed by atoms with Crippen LogP contribution in [0.4, 0.5) is 5.69 Å². The van der Waals surface area contributed by atoms with Gasteiger partial charge in [0.2, 0.25) is 5.91 Å². The Morgan fingerprint density at radius 3 is 2.30 bits per heavy atom. The topological polar surface area (TPSA) is 90.9 Å². The minimum Gasteiger partial charge on any atom is -0.325 e. The second kappa shape index (κ2) is 8.90. The molecule has 0 fully saturated rings. The Morgan fingerprint density at radius 1 is 1.00 bits per heavy atom. The van der Waals surface area contributed by atoms with E-state index in [2.05, 4.69) is 10.3 Å². The van der Waals surface area contributed by atoms with Crippen LogP contribution in [0.5, 0.6) is 0 Å². The van der Waals surface area contributed by atoms with E-state index in [0.717, 1.165) is 26.8 Å². The van der Waals surface area contributed by atoms with Crippen molar-refractivity contribution in [3.05, 3.63) is 91.9 Å². The lowest BCUT2D eigenvalue weighted by atomic mass is 10.1. The Morgan fingerprint density at radius 2 is 1.67 bits per heavy atom. The lowest BCUT2D eigenvalue weighted by molar-refractivity contribution is -0.116. The van der Waals surface area contributed by atoms with Gasteiger partial charge in [-0.2, -0.15) is 0 Å². The molecule has 0 saturated carbocycles. The summed E-state index contributed by atoms with van der Waals surface area (Å²) in [5, 5.41) is 2.88. The molecule has 1 N–H and O–H groups in total. The fourth-order valence-electron chi connectivity index (χ4n) is 4.23. The number of imidazole rings is 1. The van der Waals surface area contributed by atoms with Gasteiger partial charge in [0.25, 0.3) is 5.56 Å². The van der Waals surface area contributed by atoms with Crippen molar-refractivity contribution in [2.75, 3.05) is 5.32 Å². The van der Waals surface area contributed by atoms with Crippen LogP contribution in [0.1, 0.15) is 29.2 Å². The Labute approximate surface area is 191 Å². The van der Waals surface area contributed by atoms with E-state index < -0.39 is 17.2 Å². The molecule has 8 nitrogen and oxygen atoms in total. The van der Waals surface area contributed by atoms with Crippen molar-refractivity contribution in [3.63, 3.8) is 0 Å². The molecule has 33 heavy (non-hydrogen) atoms. The van der Waals surface area contributed by atoms with Gasteiger partial charge in [-0.3, -0.25) is 14.2 Å². The quantitative estimate of drug-likeness (QED) is 0.494. The average molecular weight is 446 g/mol. The molecule has 1 amide bonds. The number of aromatic nitrogens is 4. The fourth-order valence-corrected chi connectivity index (χ4v) is 4.23. The van der Waals surface area contributed by atoms with Gasteiger partial charge in [0.05, 0.1) is 12.9 Å². The molecule has 0 aliphatic heterocycles. The zero-order chi connectivity index (χ0) is 23.7. The molecule has 2 aromatic carbocycles. The van der Waals surface area contributed by atoms with Crippen LogP contribution in [-0.2, 0) is 24.4 Å². The summed E-state index contributed by atoms with van der Waals surface area (Å²) >= 11 is 0. The van der Waals surface area contributed by atoms with Gasteiger partial charge in [0, 0.05) is 12.2 Å². The van der Waals surface area contributed by atoms with Gasteiger partial charge in [0.15, 0.2) is 11.2 Å². The molecule has 0 atom stereocenters. The summed E-state index contributed by atoms with van der Waals surface area (Å²) in [5.74, 6) is -0.433. The summed E-state index contributed by atoms with van der Waals surface area (Å²) in [7, 11) is 0. The van der Waals surface area contributed by atoms with Gasteiger partial charge in [-0.05, 0) is 44.4 Å². The molecule has 0 bridgehead atoms. The molecule has 0 saturated heterocycles. The molecular formula is C25H27N5O3. The molecule has 170 valence electrons. The van der Waals surface area contributed by atoms with Crippen molar-refractivity contribution in [1.82, 2.24) is 18.7 Å². The highest BCUT2D eigenvalue weighted by atomic mass is 16.2. The van der Waals surface area contributed by atoms with Crippen molar-refractivity contribution < 1.29 is 4.79 Å². The summed E-state index contributed by atoms with van der Waals surface area (Å²) in [6.45, 7) is 8.10. The largest absolute Gasteiger partial charge is 0.333 e. The van der Waals surface area contributed by atoms with Crippen molar-refractivity contribution in [2.24, 2.45) is 0 Å². The molecule has 0 radical (unpaired) electrons. The van der Waals surface area contributed by atoms with E-state index in [1.54, 1.807) is 10.9 Å². The molecule has 4 aromatic rings. The van der Waals surface area contributed by atoms with E-state index >= 15 is 0 Å². The number of hydrogen-bond donors (Lipinski definition) is 1. The van der Waals surface area contributed by atoms with Crippen LogP contribution in [0.25, 0.3) is 11.2 Å². The standard InChI is InChI=1S/C25H27N5O3/c1-5-28-15-26-23-22(28)24(32)30(25(33)29(23)13-19-9-7-6-8-10-19)14-20(31)27-21-17(3)11-16(2)12-18(21)4/h6-12,15H,5,13-14H2,1-4H3,(H,27,31). The van der Waals surface area contributed by atoms with Gasteiger partial charge >= 0.3 is 5.69 Å². The number of hydrogen-bond acceptors (Lipinski definition) is 4. The highest BCUT2D eigenvalue weighted by Gasteiger charge is 2.20. The number of rotatable bonds is 6. The second-order valence-electron chi connectivity index (χ2n) is 8.27. The fraction of sp³-hybridized carbons (Fsp3) is 0.280. The van der Waals surface area contributed by atoms with Gasteiger partial charge in [-0.15, -0.1) is 0 Å². The SMILES string of the molecule is CCn1cnc2c1c(=O)n(CC(=O)Nc1c(C)cc(C)cc1C)c(=O)n2Cc1ccccc1. The third-order valence-corrected chi connectivity index (χ3v) is 5.75. The first-order valence-electron chi connectivity index (χ1n) is 10.9. The molecular weight excluding hydrogens is 418 g/mol. The first-order chi connectivity index (χ1) is 15.8. The van der Waals surface area contributed by atoms with Crippen molar-refractivity contribution in [1.29, 1.82) is 0 Å². The van der Waals surface area contributed by atoms with Crippen LogP contribution in [0.15, 0.2) is 58.4 Å². The monoisotopic (exact) mass is 445 g/mol. The minimum atomic E-state index is -0.565. The normalized spacial score (nSPS) is 11.2. The predicted octanol–water partition coefficient (Wildman–Crippen LogP) is 2.99. The second-order valence-corrected chi connectivity index (χ2v) is 8.27. The average Bonchev–Trinajstić information content (AvgIpc) is 3.21. The Hall–Kier alpha value is -3.94. The van der Waals surface area contributed by atoms with E-state index in [0.29, 0.717) is 23.4 Å². The Balaban J connectivity index is 1.78. The molecule has 8 heteroatoms. The molecule has 4 rings (SSSR count). The summed E-state index contributed by atoms with van der Waals surface area (Å²) in [4.78, 5) is 43.9. The summed E-state index contributed by atoms with van der Waals surface area (Å²) in [6.07, 6.45) is 1.55. The van der Waals surface area contributed by atoms with Crippen LogP contribution >= 0.6 is 0 Å². The zero-order valence-electron chi connectivity index (χ0n) is 19.3. The summed E-state index contributed by atoms with van der Waals surface area (Å²) in [6, 6.07) is 13.4. The summed E-state index contributed by atoms with van der Waals surface area (Å²) < 4.78 is 4.14. The third-order valence-electron chi connectivity index (χ3n) is 5.75. The van der Waals surface area contributed by atoms with Gasteiger partial charge in [-0.1, -0.05) is 48.0 Å². The molecule has 2 aromatic heterocycles. The molecule has 0 spiro atoms. The number of carbonyl (C=O) groups is 1. The van der Waals surface area contributed by atoms with Gasteiger partial charge < -0.3 is 9.88 Å². The van der Waals surface area contributed by atoms with Crippen LogP contribution in [0.3, 0.4) is 0 Å². The maximum absolute atomic E-state index is 13.4. The van der Waals surface area contributed by atoms with E-state index in [4.69, 9.17) is 0 Å². The Kier molecular flexibility index (Phi) is 6.00. The van der Waals surface area contributed by atoms with Crippen LogP contribution in [0.2, 0.25) is 0 Å². The van der Waals surface area contributed by atoms with Crippen molar-refractivity contribution in [3.8, 4) is 0 Å². The number of anilines is 1. The highest BCUT2D eigenvalue weighted by Crippen LogP contribution is 2.21. The van der Waals surface area contributed by atoms with Crippen molar-refractivity contribution >= 4 is 22.8 Å². The third kappa shape index (κ3) is 4.24. The molecule has 0 unspecified atom stereocenters. The smallest absolute Gasteiger partial charge is 0.325 e. The molecule has 0 aliphatic rings. The lowest BCUT2D eigenvalue weighted by Gasteiger charge is -2.15. The molecule has 0 aliphatic carbocycles. The highest BCUT2D eigenvalue weighted by molar-refractivity contribution is 5.92. The number of carbonyl (C=O) groups excluding carboxylic acids is 1. The van der Waals surface area contributed by atoms with Crippen molar-refractivity contribution in [2.45, 2.75) is 47.3 Å². The predicted molar refractivity (Wildman–Crippen MR) is 129 cm³/mol. The van der Waals surface area contributed by atoms with E-state index in [1.807, 2.05) is 70.2 Å². The Bertz CT molecular complexity index is 1440. The van der Waals surface area contributed by atoms with Gasteiger partial charge in [-0.25, -0.2) is 14.3 Å². The first kappa shape index (κ1) is 22.3. The van der Waals surface area contributed by atoms with E-state index in [9.17, 15) is 14.4 Å². The zero-order valence-corrected chi connectivity index (χ0v) is 19.3. The number of nitrogens with zero attached hydrogens (tertiary/aromatic N) is 4. The number of amides is 1. The van der Waals surface area contributed by atoms with Crippen LogP contribution < -0.4 is 16.6 Å². The van der Waals surface area contributed by atoms with Crippen LogP contribution in [-0.4, -0.2) is 24.6 Å². The maximum Gasteiger partial charge on any atom is 0.333 e. The number of fused-ring (bicyclic) bond motifs is 1. The molecule has 2 heterocycles.